The molecule has 150 valence electrons. The molecule has 0 radical (unpaired) electrons. The smallest absolute Gasteiger partial charge is 0.272 e. The van der Waals surface area contributed by atoms with Crippen LogP contribution in [0.4, 0.5) is 0 Å². The van der Waals surface area contributed by atoms with E-state index >= 15 is 0 Å². The van der Waals surface area contributed by atoms with Crippen LogP contribution in [0, 0.1) is 0 Å². The fraction of sp³-hybridized carbons (Fsp3) is 0.250. The summed E-state index contributed by atoms with van der Waals surface area (Å²) in [4.78, 5) is 29.2. The zero-order valence-electron chi connectivity index (χ0n) is 16.5. The molecule has 0 atom stereocenters. The second-order valence-electron chi connectivity index (χ2n) is 7.89. The number of carbonyl (C=O) groups is 1. The average Bonchev–Trinajstić information content (AvgIpc) is 2.80. The fourth-order valence-electron chi connectivity index (χ4n) is 4.41. The van der Waals surface area contributed by atoms with E-state index in [0.29, 0.717) is 11.1 Å². The molecule has 2 aromatic carbocycles. The Hall–Kier alpha value is -3.54. The van der Waals surface area contributed by atoms with Crippen molar-refractivity contribution in [3.8, 4) is 0 Å². The zero-order chi connectivity index (χ0) is 20.5. The van der Waals surface area contributed by atoms with Crippen LogP contribution in [0.3, 0.4) is 0 Å². The SMILES string of the molecule is O=C(N[C@H]1CC[C@H](c2n[nH]c(=O)c3ccccc32)CC1)c1ccc2ccccc2n1. The first-order valence-corrected chi connectivity index (χ1v) is 10.3. The molecule has 1 aliphatic carbocycles. The second kappa shape index (κ2) is 7.71. The first-order chi connectivity index (χ1) is 14.7. The highest BCUT2D eigenvalue weighted by molar-refractivity contribution is 5.95. The van der Waals surface area contributed by atoms with Gasteiger partial charge >= 0.3 is 0 Å². The topological polar surface area (TPSA) is 87.7 Å². The summed E-state index contributed by atoms with van der Waals surface area (Å²) in [5.41, 5.74) is 2.07. The number of pyridine rings is 1. The lowest BCUT2D eigenvalue weighted by molar-refractivity contribution is 0.0921. The highest BCUT2D eigenvalue weighted by Gasteiger charge is 2.26. The molecule has 1 fully saturated rings. The standard InChI is InChI=1S/C24H22N4O2/c29-23-19-7-3-2-6-18(19)22(27-28-23)16-9-12-17(13-10-16)25-24(30)21-14-11-15-5-1-4-8-20(15)26-21/h1-8,11,14,16-17H,9-10,12-13H2,(H,25,30)(H,28,29)/t16-,17-. The van der Waals surface area contributed by atoms with Crippen molar-refractivity contribution in [2.24, 2.45) is 0 Å². The Bertz CT molecular complexity index is 1290. The monoisotopic (exact) mass is 398 g/mol. The Balaban J connectivity index is 1.28. The van der Waals surface area contributed by atoms with Gasteiger partial charge in [-0.25, -0.2) is 10.1 Å². The van der Waals surface area contributed by atoms with E-state index in [1.807, 2.05) is 54.6 Å². The van der Waals surface area contributed by atoms with Gasteiger partial charge < -0.3 is 5.32 Å². The van der Waals surface area contributed by atoms with Crippen LogP contribution in [0.2, 0.25) is 0 Å². The summed E-state index contributed by atoms with van der Waals surface area (Å²) in [6, 6.07) is 19.2. The van der Waals surface area contributed by atoms with E-state index in [2.05, 4.69) is 20.5 Å². The van der Waals surface area contributed by atoms with Crippen LogP contribution in [0.25, 0.3) is 21.7 Å². The molecule has 1 amide bonds. The lowest BCUT2D eigenvalue weighted by Crippen LogP contribution is -2.37. The lowest BCUT2D eigenvalue weighted by Gasteiger charge is -2.29. The van der Waals surface area contributed by atoms with Crippen LogP contribution >= 0.6 is 0 Å². The second-order valence-corrected chi connectivity index (χ2v) is 7.89. The van der Waals surface area contributed by atoms with Gasteiger partial charge in [-0.05, 0) is 43.9 Å². The molecule has 2 N–H and O–H groups in total. The van der Waals surface area contributed by atoms with Gasteiger partial charge in [0.15, 0.2) is 0 Å². The van der Waals surface area contributed by atoms with E-state index in [4.69, 9.17) is 0 Å². The number of nitrogens with one attached hydrogen (secondary N) is 2. The summed E-state index contributed by atoms with van der Waals surface area (Å²) in [5.74, 6) is 0.149. The van der Waals surface area contributed by atoms with Crippen LogP contribution in [-0.2, 0) is 0 Å². The van der Waals surface area contributed by atoms with Crippen LogP contribution < -0.4 is 10.9 Å². The minimum absolute atomic E-state index is 0.121. The summed E-state index contributed by atoms with van der Waals surface area (Å²) in [6.07, 6.45) is 3.58. The number of aromatic nitrogens is 3. The molecule has 2 aromatic heterocycles. The molecular formula is C24H22N4O2. The van der Waals surface area contributed by atoms with E-state index in [1.54, 1.807) is 6.07 Å². The maximum Gasteiger partial charge on any atom is 0.272 e. The summed E-state index contributed by atoms with van der Waals surface area (Å²) in [7, 11) is 0. The minimum atomic E-state index is -0.154. The minimum Gasteiger partial charge on any atom is -0.348 e. The van der Waals surface area contributed by atoms with Gasteiger partial charge in [-0.1, -0.05) is 42.5 Å². The van der Waals surface area contributed by atoms with Crippen molar-refractivity contribution in [3.05, 3.63) is 82.4 Å². The number of aromatic amines is 1. The predicted octanol–water partition coefficient (Wildman–Crippen LogP) is 3.93. The number of hydrogen-bond acceptors (Lipinski definition) is 4. The molecule has 5 rings (SSSR count). The van der Waals surface area contributed by atoms with Crippen LogP contribution in [-0.4, -0.2) is 27.1 Å². The summed E-state index contributed by atoms with van der Waals surface area (Å²) < 4.78 is 0. The summed E-state index contributed by atoms with van der Waals surface area (Å²) >= 11 is 0. The Morgan fingerprint density at radius 3 is 2.47 bits per heavy atom. The Morgan fingerprint density at radius 1 is 0.900 bits per heavy atom. The number of fused-ring (bicyclic) bond motifs is 2. The van der Waals surface area contributed by atoms with Crippen molar-refractivity contribution in [1.82, 2.24) is 20.5 Å². The number of nitrogens with zero attached hydrogens (tertiary/aromatic N) is 2. The Morgan fingerprint density at radius 2 is 1.63 bits per heavy atom. The van der Waals surface area contributed by atoms with E-state index in [9.17, 15) is 9.59 Å². The van der Waals surface area contributed by atoms with Crippen LogP contribution in [0.5, 0.6) is 0 Å². The normalized spacial score (nSPS) is 19.1. The summed E-state index contributed by atoms with van der Waals surface area (Å²) in [6.45, 7) is 0. The number of hydrogen-bond donors (Lipinski definition) is 2. The Kier molecular flexibility index (Phi) is 4.75. The van der Waals surface area contributed by atoms with Crippen molar-refractivity contribution < 1.29 is 4.79 Å². The van der Waals surface area contributed by atoms with Gasteiger partial charge in [-0.2, -0.15) is 5.10 Å². The van der Waals surface area contributed by atoms with E-state index in [1.165, 1.54) is 0 Å². The molecular weight excluding hydrogens is 376 g/mol. The molecule has 2 heterocycles. The van der Waals surface area contributed by atoms with Crippen molar-refractivity contribution >= 4 is 27.6 Å². The third-order valence-electron chi connectivity index (χ3n) is 6.01. The first-order valence-electron chi connectivity index (χ1n) is 10.3. The van der Waals surface area contributed by atoms with Crippen molar-refractivity contribution in [1.29, 1.82) is 0 Å². The average molecular weight is 398 g/mol. The van der Waals surface area contributed by atoms with E-state index in [-0.39, 0.29) is 23.4 Å². The molecule has 1 aliphatic rings. The lowest BCUT2D eigenvalue weighted by atomic mass is 9.82. The maximum absolute atomic E-state index is 12.7. The molecule has 6 heteroatoms. The molecule has 6 nitrogen and oxygen atoms in total. The maximum atomic E-state index is 12.7. The molecule has 4 aromatic rings. The van der Waals surface area contributed by atoms with E-state index in [0.717, 1.165) is 47.7 Å². The quantitative estimate of drug-likeness (QED) is 0.547. The van der Waals surface area contributed by atoms with Gasteiger partial charge in [-0.15, -0.1) is 0 Å². The largest absolute Gasteiger partial charge is 0.348 e. The Labute approximate surface area is 173 Å². The zero-order valence-corrected chi connectivity index (χ0v) is 16.5. The molecule has 0 spiro atoms. The molecule has 30 heavy (non-hydrogen) atoms. The third kappa shape index (κ3) is 3.45. The molecule has 0 saturated heterocycles. The predicted molar refractivity (Wildman–Crippen MR) is 117 cm³/mol. The first kappa shape index (κ1) is 18.5. The molecule has 0 bridgehead atoms. The van der Waals surface area contributed by atoms with Crippen molar-refractivity contribution in [3.63, 3.8) is 0 Å². The van der Waals surface area contributed by atoms with Crippen LogP contribution in [0.1, 0.15) is 47.8 Å². The van der Waals surface area contributed by atoms with Gasteiger partial charge in [0.25, 0.3) is 11.5 Å². The number of H-pyrrole nitrogens is 1. The number of carbonyl (C=O) groups excluding carboxylic acids is 1. The third-order valence-corrected chi connectivity index (χ3v) is 6.01. The number of benzene rings is 2. The molecule has 0 aliphatic heterocycles. The molecule has 1 saturated carbocycles. The summed E-state index contributed by atoms with van der Waals surface area (Å²) in [5, 5.41) is 12.8. The van der Waals surface area contributed by atoms with Crippen molar-refractivity contribution in [2.45, 2.75) is 37.6 Å². The number of amides is 1. The number of para-hydroxylation sites is 1. The number of rotatable bonds is 3. The molecule has 0 unspecified atom stereocenters. The van der Waals surface area contributed by atoms with Gasteiger partial charge in [0.05, 0.1) is 16.6 Å². The highest BCUT2D eigenvalue weighted by atomic mass is 16.2. The van der Waals surface area contributed by atoms with Crippen molar-refractivity contribution in [2.75, 3.05) is 0 Å². The highest BCUT2D eigenvalue weighted by Crippen LogP contribution is 2.34. The van der Waals surface area contributed by atoms with Gasteiger partial charge in [0.2, 0.25) is 0 Å². The van der Waals surface area contributed by atoms with Gasteiger partial charge in [-0.3, -0.25) is 9.59 Å². The fourth-order valence-corrected chi connectivity index (χ4v) is 4.41. The van der Waals surface area contributed by atoms with E-state index < -0.39 is 0 Å². The van der Waals surface area contributed by atoms with Gasteiger partial charge in [0, 0.05) is 22.7 Å². The van der Waals surface area contributed by atoms with Crippen LogP contribution in [0.15, 0.2) is 65.5 Å². The van der Waals surface area contributed by atoms with Gasteiger partial charge in [0.1, 0.15) is 5.69 Å².